The summed E-state index contributed by atoms with van der Waals surface area (Å²) in [4.78, 5) is 12.4. The second kappa shape index (κ2) is 9.76. The van der Waals surface area contributed by atoms with Gasteiger partial charge in [0.05, 0.1) is 40.3 Å². The van der Waals surface area contributed by atoms with Crippen molar-refractivity contribution in [1.82, 2.24) is 14.4 Å². The SMILES string of the molecule is C=Cc1c(-c2ccccc2N(C)c2ccccc2)cc2c3c4c(ncc3n3c5cnc6c(c5c1c23)C=CCC=C6)C=C1CC(C)CC14. The molecule has 1 fully saturated rings. The first kappa shape index (κ1) is 26.7. The molecule has 0 radical (unpaired) electrons. The lowest BCUT2D eigenvalue weighted by Crippen LogP contribution is -2.10. The number of anilines is 2. The van der Waals surface area contributed by atoms with Crippen LogP contribution in [-0.4, -0.2) is 21.4 Å². The molecule has 226 valence electrons. The fourth-order valence-corrected chi connectivity index (χ4v) is 8.93. The molecule has 4 heteroatoms. The molecule has 0 amide bonds. The topological polar surface area (TPSA) is 33.4 Å². The van der Waals surface area contributed by atoms with Gasteiger partial charge in [0.1, 0.15) is 0 Å². The van der Waals surface area contributed by atoms with E-state index in [1.54, 1.807) is 5.57 Å². The van der Waals surface area contributed by atoms with Gasteiger partial charge in [-0.2, -0.15) is 0 Å². The van der Waals surface area contributed by atoms with Crippen LogP contribution in [-0.2, 0) is 0 Å². The highest BCUT2D eigenvalue weighted by Gasteiger charge is 2.37. The van der Waals surface area contributed by atoms with Crippen molar-refractivity contribution >= 4 is 73.8 Å². The molecule has 7 aromatic rings. The fraction of sp³-hybridized carbons (Fsp3) is 0.163. The number of hydrogen-bond donors (Lipinski definition) is 0. The Labute approximate surface area is 274 Å². The van der Waals surface area contributed by atoms with E-state index in [9.17, 15) is 0 Å². The predicted molar refractivity (Wildman–Crippen MR) is 199 cm³/mol. The molecule has 10 rings (SSSR count). The number of benzene rings is 3. The summed E-state index contributed by atoms with van der Waals surface area (Å²) in [6.45, 7) is 6.85. The summed E-state index contributed by atoms with van der Waals surface area (Å²) < 4.78 is 2.45. The first-order chi connectivity index (χ1) is 23.1. The number of rotatable bonds is 4. The predicted octanol–water partition coefficient (Wildman–Crippen LogP) is 11.0. The van der Waals surface area contributed by atoms with Gasteiger partial charge in [0, 0.05) is 57.0 Å². The van der Waals surface area contributed by atoms with Crippen LogP contribution in [0.3, 0.4) is 0 Å². The van der Waals surface area contributed by atoms with Gasteiger partial charge in [0.25, 0.3) is 0 Å². The van der Waals surface area contributed by atoms with Gasteiger partial charge in [-0.15, -0.1) is 0 Å². The number of aromatic nitrogens is 3. The highest BCUT2D eigenvalue weighted by Crippen LogP contribution is 2.54. The summed E-state index contributed by atoms with van der Waals surface area (Å²) >= 11 is 0. The molecule has 4 aromatic heterocycles. The van der Waals surface area contributed by atoms with E-state index in [4.69, 9.17) is 9.97 Å². The molecule has 3 aliphatic carbocycles. The van der Waals surface area contributed by atoms with E-state index in [-0.39, 0.29) is 0 Å². The van der Waals surface area contributed by atoms with Gasteiger partial charge in [-0.3, -0.25) is 9.97 Å². The van der Waals surface area contributed by atoms with Gasteiger partial charge in [0.15, 0.2) is 0 Å². The zero-order valence-corrected chi connectivity index (χ0v) is 26.7. The average molecular weight is 607 g/mol. The van der Waals surface area contributed by atoms with E-state index in [0.717, 1.165) is 46.7 Å². The molecule has 0 N–H and O–H groups in total. The van der Waals surface area contributed by atoms with Gasteiger partial charge < -0.3 is 9.30 Å². The van der Waals surface area contributed by atoms with Crippen molar-refractivity contribution < 1.29 is 0 Å². The maximum atomic E-state index is 5.12. The summed E-state index contributed by atoms with van der Waals surface area (Å²) in [5.41, 5.74) is 15.7. The number of pyridine rings is 2. The third kappa shape index (κ3) is 3.58. The lowest BCUT2D eigenvalue weighted by molar-refractivity contribution is 0.597. The monoisotopic (exact) mass is 606 g/mol. The second-order valence-corrected chi connectivity index (χ2v) is 13.6. The first-order valence-corrected chi connectivity index (χ1v) is 16.7. The van der Waals surface area contributed by atoms with Crippen molar-refractivity contribution in [2.24, 2.45) is 5.92 Å². The summed E-state index contributed by atoms with van der Waals surface area (Å²) in [5.74, 6) is 1.13. The molecule has 0 saturated heterocycles. The van der Waals surface area contributed by atoms with E-state index in [2.05, 4.69) is 139 Å². The van der Waals surface area contributed by atoms with Crippen LogP contribution in [0, 0.1) is 5.92 Å². The molecule has 2 atom stereocenters. The number of hydrogen-bond acceptors (Lipinski definition) is 3. The van der Waals surface area contributed by atoms with Crippen molar-refractivity contribution in [3.05, 3.63) is 125 Å². The summed E-state index contributed by atoms with van der Waals surface area (Å²) in [6, 6.07) is 21.9. The van der Waals surface area contributed by atoms with Gasteiger partial charge >= 0.3 is 0 Å². The Bertz CT molecular complexity index is 2550. The normalized spacial score (nSPS) is 18.2. The summed E-state index contributed by atoms with van der Waals surface area (Å²) in [5, 5.41) is 5.12. The smallest absolute Gasteiger partial charge is 0.0732 e. The van der Waals surface area contributed by atoms with Crippen LogP contribution in [0.2, 0.25) is 0 Å². The van der Waals surface area contributed by atoms with Crippen LogP contribution in [0.5, 0.6) is 0 Å². The number of fused-ring (bicyclic) bond motifs is 12. The van der Waals surface area contributed by atoms with E-state index < -0.39 is 0 Å². The van der Waals surface area contributed by atoms with Crippen LogP contribution in [0.1, 0.15) is 60.2 Å². The van der Waals surface area contributed by atoms with Gasteiger partial charge in [-0.1, -0.05) is 79.8 Å². The molecule has 3 aromatic carbocycles. The van der Waals surface area contributed by atoms with Crippen molar-refractivity contribution in [3.8, 4) is 11.1 Å². The average Bonchev–Trinajstić information content (AvgIpc) is 3.78. The maximum absolute atomic E-state index is 5.12. The molecule has 0 spiro atoms. The molecular weight excluding hydrogens is 573 g/mol. The Balaban J connectivity index is 1.39. The zero-order chi connectivity index (χ0) is 31.4. The Morgan fingerprint density at radius 2 is 1.64 bits per heavy atom. The number of nitrogens with zero attached hydrogens (tertiary/aromatic N) is 4. The third-order valence-corrected chi connectivity index (χ3v) is 10.9. The van der Waals surface area contributed by atoms with Crippen molar-refractivity contribution in [2.75, 3.05) is 11.9 Å². The Hall–Kier alpha value is -5.48. The van der Waals surface area contributed by atoms with Crippen molar-refractivity contribution in [2.45, 2.75) is 32.1 Å². The van der Waals surface area contributed by atoms with Crippen LogP contribution >= 0.6 is 0 Å². The highest BCUT2D eigenvalue weighted by atomic mass is 15.1. The third-order valence-electron chi connectivity index (χ3n) is 10.9. The minimum absolute atomic E-state index is 0.440. The van der Waals surface area contributed by atoms with E-state index in [0.29, 0.717) is 11.8 Å². The van der Waals surface area contributed by atoms with Gasteiger partial charge in [0.2, 0.25) is 0 Å². The lowest BCUT2D eigenvalue weighted by atomic mass is 9.89. The molecular formula is C43H34N4. The first-order valence-electron chi connectivity index (χ1n) is 16.7. The molecule has 4 nitrogen and oxygen atoms in total. The van der Waals surface area contributed by atoms with Crippen molar-refractivity contribution in [1.29, 1.82) is 0 Å². The van der Waals surface area contributed by atoms with Gasteiger partial charge in [-0.05, 0) is 78.3 Å². The molecule has 47 heavy (non-hydrogen) atoms. The number of para-hydroxylation sites is 2. The molecule has 3 aliphatic rings. The molecule has 4 heterocycles. The second-order valence-electron chi connectivity index (χ2n) is 13.6. The Kier molecular flexibility index (Phi) is 5.55. The van der Waals surface area contributed by atoms with Crippen molar-refractivity contribution in [3.63, 3.8) is 0 Å². The van der Waals surface area contributed by atoms with E-state index >= 15 is 0 Å². The molecule has 0 bridgehead atoms. The number of allylic oxidation sites excluding steroid dienone is 3. The zero-order valence-electron chi connectivity index (χ0n) is 26.7. The molecule has 1 saturated carbocycles. The fourth-order valence-electron chi connectivity index (χ4n) is 8.93. The Morgan fingerprint density at radius 1 is 0.872 bits per heavy atom. The van der Waals surface area contributed by atoms with Crippen LogP contribution < -0.4 is 4.90 Å². The van der Waals surface area contributed by atoms with Gasteiger partial charge in [-0.25, -0.2) is 0 Å². The molecule has 0 aliphatic heterocycles. The molecule has 2 unspecified atom stereocenters. The van der Waals surface area contributed by atoms with E-state index in [1.165, 1.54) is 61.3 Å². The van der Waals surface area contributed by atoms with Crippen LogP contribution in [0.25, 0.3) is 73.5 Å². The van der Waals surface area contributed by atoms with Crippen LogP contribution in [0.4, 0.5) is 11.4 Å². The largest absolute Gasteiger partial charge is 0.344 e. The quantitative estimate of drug-likeness (QED) is 0.200. The summed E-state index contributed by atoms with van der Waals surface area (Å²) in [6.07, 6.45) is 20.8. The van der Waals surface area contributed by atoms with E-state index in [1.807, 2.05) is 0 Å². The minimum Gasteiger partial charge on any atom is -0.344 e. The van der Waals surface area contributed by atoms with Crippen LogP contribution in [0.15, 0.2) is 97.4 Å². The Morgan fingerprint density at radius 3 is 2.49 bits per heavy atom. The maximum Gasteiger partial charge on any atom is 0.0732 e. The standard InChI is InChI=1S/C43H34N4/c1-4-28-32(29-15-11-12-18-36(29)46(3)27-13-7-5-8-14-27)22-33-41-38(24-45-35-21-26-19-25(2)20-31(26)39(35)41)47-37-23-44-34-17-10-6-9-16-30(34)40(37)42(28)43(33)47/h4-5,7-18,21-25,31H,1,6,19-20H2,2-3H3. The minimum atomic E-state index is 0.440. The summed E-state index contributed by atoms with van der Waals surface area (Å²) in [7, 11) is 2.16. The highest BCUT2D eigenvalue weighted by molar-refractivity contribution is 6.29. The lowest BCUT2D eigenvalue weighted by Gasteiger charge is -2.24.